The van der Waals surface area contributed by atoms with Crippen LogP contribution in [0.4, 0.5) is 9.59 Å². The predicted molar refractivity (Wildman–Crippen MR) is 73.4 cm³/mol. The zero-order valence-electron chi connectivity index (χ0n) is 12.7. The van der Waals surface area contributed by atoms with Crippen molar-refractivity contribution in [2.24, 2.45) is 16.7 Å². The summed E-state index contributed by atoms with van der Waals surface area (Å²) in [5.74, 6) is -0.801. The van der Waals surface area contributed by atoms with Crippen molar-refractivity contribution in [3.05, 3.63) is 0 Å². The van der Waals surface area contributed by atoms with E-state index in [-0.39, 0.29) is 5.92 Å². The standard InChI is InChI=1S/C14H18N4O4/c1-6-4-17-7-8-14(3,10(20)16-12(22)18(8)5-6)13(7,2)9(19)15-11(17)21/h6-8H,4-5H2,1-3H3,(H,15,19,21)(H,16,20,22). The Hall–Kier alpha value is -2.12. The lowest BCUT2D eigenvalue weighted by atomic mass is 9.42. The normalized spacial score (nSPS) is 46.4. The van der Waals surface area contributed by atoms with Gasteiger partial charge in [-0.25, -0.2) is 9.59 Å². The largest absolute Gasteiger partial charge is 0.324 e. The number of urea groups is 2. The van der Waals surface area contributed by atoms with Crippen molar-refractivity contribution in [1.82, 2.24) is 20.4 Å². The molecule has 4 rings (SSSR count). The van der Waals surface area contributed by atoms with Gasteiger partial charge >= 0.3 is 12.1 Å². The van der Waals surface area contributed by atoms with E-state index in [4.69, 9.17) is 0 Å². The van der Waals surface area contributed by atoms with Crippen molar-refractivity contribution in [2.45, 2.75) is 32.9 Å². The van der Waals surface area contributed by atoms with Gasteiger partial charge in [-0.15, -0.1) is 0 Å². The van der Waals surface area contributed by atoms with Gasteiger partial charge in [-0.05, 0) is 19.8 Å². The third-order valence-electron chi connectivity index (χ3n) is 6.16. The molecule has 4 atom stereocenters. The molecule has 8 heteroatoms. The summed E-state index contributed by atoms with van der Waals surface area (Å²) < 4.78 is 0. The van der Waals surface area contributed by atoms with Crippen LogP contribution in [0.2, 0.25) is 0 Å². The summed E-state index contributed by atoms with van der Waals surface area (Å²) in [7, 11) is 0. The molecule has 0 aromatic rings. The fraction of sp³-hybridized carbons (Fsp3) is 0.714. The van der Waals surface area contributed by atoms with Gasteiger partial charge in [-0.3, -0.25) is 20.2 Å². The molecule has 3 saturated heterocycles. The molecule has 0 spiro atoms. The lowest BCUT2D eigenvalue weighted by molar-refractivity contribution is -0.209. The maximum absolute atomic E-state index is 12.5. The molecule has 2 N–H and O–H groups in total. The van der Waals surface area contributed by atoms with E-state index < -0.39 is 46.8 Å². The number of hydrogen-bond acceptors (Lipinski definition) is 4. The second kappa shape index (κ2) is 3.61. The SMILES string of the molecule is CC1CN2C(=O)NC(=O)C3(C)C2C2N(C1)C(=O)NC(=O)C23C. The Labute approximate surface area is 127 Å². The van der Waals surface area contributed by atoms with Crippen LogP contribution >= 0.6 is 0 Å². The maximum atomic E-state index is 12.5. The van der Waals surface area contributed by atoms with Crippen molar-refractivity contribution in [3.63, 3.8) is 0 Å². The quantitative estimate of drug-likeness (QED) is 0.630. The first-order chi connectivity index (χ1) is 10.2. The predicted octanol–water partition coefficient (Wildman–Crippen LogP) is -0.497. The molecule has 1 saturated carbocycles. The summed E-state index contributed by atoms with van der Waals surface area (Å²) in [4.78, 5) is 52.7. The Balaban J connectivity index is 1.92. The number of carbonyl (C=O) groups is 4. The molecule has 4 fully saturated rings. The third-order valence-corrected chi connectivity index (χ3v) is 6.16. The van der Waals surface area contributed by atoms with Crippen LogP contribution in [0.3, 0.4) is 0 Å². The van der Waals surface area contributed by atoms with E-state index in [9.17, 15) is 19.2 Å². The first-order valence-corrected chi connectivity index (χ1v) is 7.47. The van der Waals surface area contributed by atoms with Crippen LogP contribution in [0.15, 0.2) is 0 Å². The maximum Gasteiger partial charge on any atom is 0.324 e. The Kier molecular flexibility index (Phi) is 2.22. The second-order valence-corrected chi connectivity index (χ2v) is 7.22. The van der Waals surface area contributed by atoms with Gasteiger partial charge in [0.05, 0.1) is 22.9 Å². The molecule has 0 aromatic heterocycles. The molecule has 4 aliphatic rings. The number of carbonyl (C=O) groups excluding carboxylic acids is 4. The van der Waals surface area contributed by atoms with Crippen LogP contribution in [-0.2, 0) is 9.59 Å². The highest BCUT2D eigenvalue weighted by Gasteiger charge is 2.81. The summed E-state index contributed by atoms with van der Waals surface area (Å²) in [6.45, 7) is 6.31. The molecule has 0 radical (unpaired) electrons. The number of imide groups is 2. The van der Waals surface area contributed by atoms with Gasteiger partial charge in [0.2, 0.25) is 11.8 Å². The van der Waals surface area contributed by atoms with Gasteiger partial charge in [0.15, 0.2) is 0 Å². The lowest BCUT2D eigenvalue weighted by Gasteiger charge is -2.70. The average molecular weight is 306 g/mol. The summed E-state index contributed by atoms with van der Waals surface area (Å²) in [5.41, 5.74) is -2.06. The van der Waals surface area contributed by atoms with Gasteiger partial charge < -0.3 is 9.80 Å². The molecule has 22 heavy (non-hydrogen) atoms. The Morgan fingerprint density at radius 1 is 0.864 bits per heavy atom. The van der Waals surface area contributed by atoms with E-state index in [1.807, 2.05) is 6.92 Å². The van der Waals surface area contributed by atoms with Crippen LogP contribution in [0.5, 0.6) is 0 Å². The Morgan fingerprint density at radius 2 is 1.23 bits per heavy atom. The fourth-order valence-electron chi connectivity index (χ4n) is 4.83. The highest BCUT2D eigenvalue weighted by atomic mass is 16.2. The van der Waals surface area contributed by atoms with Crippen LogP contribution in [0, 0.1) is 16.7 Å². The summed E-state index contributed by atoms with van der Waals surface area (Å²) in [6.07, 6.45) is 0. The summed E-state index contributed by atoms with van der Waals surface area (Å²) >= 11 is 0. The molecule has 1 aliphatic carbocycles. The monoisotopic (exact) mass is 306 g/mol. The first-order valence-electron chi connectivity index (χ1n) is 7.47. The number of fused-ring (bicyclic) bond motifs is 1. The molecule has 0 bridgehead atoms. The number of nitrogens with zero attached hydrogens (tertiary/aromatic N) is 2. The number of rotatable bonds is 0. The van der Waals surface area contributed by atoms with E-state index >= 15 is 0 Å². The fourth-order valence-corrected chi connectivity index (χ4v) is 4.83. The van der Waals surface area contributed by atoms with Gasteiger partial charge in [0.25, 0.3) is 0 Å². The van der Waals surface area contributed by atoms with Crippen LogP contribution < -0.4 is 10.6 Å². The van der Waals surface area contributed by atoms with Crippen molar-refractivity contribution < 1.29 is 19.2 Å². The van der Waals surface area contributed by atoms with E-state index in [1.165, 1.54) is 0 Å². The van der Waals surface area contributed by atoms with E-state index in [0.29, 0.717) is 13.1 Å². The topological polar surface area (TPSA) is 98.8 Å². The molecular weight excluding hydrogens is 288 g/mol. The van der Waals surface area contributed by atoms with Crippen molar-refractivity contribution >= 4 is 23.9 Å². The lowest BCUT2D eigenvalue weighted by Crippen LogP contribution is -2.90. The number of hydrogen-bond donors (Lipinski definition) is 2. The molecule has 118 valence electrons. The number of amides is 6. The van der Waals surface area contributed by atoms with Crippen LogP contribution in [0.25, 0.3) is 0 Å². The molecule has 3 heterocycles. The smallest absolute Gasteiger partial charge is 0.318 e. The molecule has 0 aromatic carbocycles. The van der Waals surface area contributed by atoms with Gasteiger partial charge in [-0.2, -0.15) is 0 Å². The molecule has 4 unspecified atom stereocenters. The zero-order valence-corrected chi connectivity index (χ0v) is 12.7. The van der Waals surface area contributed by atoms with E-state index in [1.54, 1.807) is 23.6 Å². The van der Waals surface area contributed by atoms with Crippen molar-refractivity contribution in [1.29, 1.82) is 0 Å². The molecular formula is C14H18N4O4. The average Bonchev–Trinajstić information content (AvgIpc) is 2.59. The minimum atomic E-state index is -1.03. The Bertz CT molecular complexity index is 595. The first kappa shape index (κ1) is 13.5. The molecule has 3 aliphatic heterocycles. The van der Waals surface area contributed by atoms with Gasteiger partial charge in [0.1, 0.15) is 0 Å². The van der Waals surface area contributed by atoms with E-state index in [2.05, 4.69) is 10.6 Å². The van der Waals surface area contributed by atoms with Gasteiger partial charge in [-0.1, -0.05) is 6.92 Å². The van der Waals surface area contributed by atoms with Crippen molar-refractivity contribution in [3.8, 4) is 0 Å². The summed E-state index contributed by atoms with van der Waals surface area (Å²) in [6, 6.07) is -1.75. The Morgan fingerprint density at radius 3 is 1.59 bits per heavy atom. The molecule has 6 amide bonds. The van der Waals surface area contributed by atoms with Gasteiger partial charge in [0, 0.05) is 13.1 Å². The number of nitrogens with one attached hydrogen (secondary N) is 2. The second-order valence-electron chi connectivity index (χ2n) is 7.22. The summed E-state index contributed by atoms with van der Waals surface area (Å²) in [5, 5.41) is 4.76. The van der Waals surface area contributed by atoms with Crippen LogP contribution in [-0.4, -0.2) is 58.8 Å². The zero-order chi connectivity index (χ0) is 16.0. The van der Waals surface area contributed by atoms with Crippen molar-refractivity contribution in [2.75, 3.05) is 13.1 Å². The third kappa shape index (κ3) is 1.14. The van der Waals surface area contributed by atoms with Crippen LogP contribution in [0.1, 0.15) is 20.8 Å². The highest BCUT2D eigenvalue weighted by Crippen LogP contribution is 2.63. The molecule has 8 nitrogen and oxygen atoms in total. The minimum Gasteiger partial charge on any atom is -0.318 e. The highest BCUT2D eigenvalue weighted by molar-refractivity contribution is 6.10. The van der Waals surface area contributed by atoms with E-state index in [0.717, 1.165) is 0 Å². The minimum absolute atomic E-state index is 0.0667.